The highest BCUT2D eigenvalue weighted by atomic mass is 19.4. The van der Waals surface area contributed by atoms with E-state index in [1.54, 1.807) is 29.2 Å². The molecular formula is C22H16F4N2O2. The number of nitrogens with one attached hydrogen (secondary N) is 1. The molecule has 4 nitrogen and oxygen atoms in total. The number of carbonyl (C=O) groups is 1. The number of nitrogens with zero attached hydrogens (tertiary/aromatic N) is 1. The molecule has 0 bridgehead atoms. The Labute approximate surface area is 169 Å². The van der Waals surface area contributed by atoms with Crippen molar-refractivity contribution >= 4 is 23.0 Å². The highest BCUT2D eigenvalue weighted by molar-refractivity contribution is 5.95. The molecule has 0 saturated heterocycles. The third kappa shape index (κ3) is 3.80. The summed E-state index contributed by atoms with van der Waals surface area (Å²) in [6, 6.07) is 14.9. The summed E-state index contributed by atoms with van der Waals surface area (Å²) in [7, 11) is 0. The maximum atomic E-state index is 13.6. The molecular weight excluding hydrogens is 400 g/mol. The fraction of sp³-hybridized carbons (Fsp3) is 0.136. The Balaban J connectivity index is 1.57. The van der Waals surface area contributed by atoms with E-state index in [-0.39, 0.29) is 11.3 Å². The topological polar surface area (TPSA) is 52.6 Å². The number of para-hydroxylation sites is 1. The molecule has 30 heavy (non-hydrogen) atoms. The Morgan fingerprint density at radius 3 is 2.43 bits per heavy atom. The first-order chi connectivity index (χ1) is 14.2. The normalized spacial score (nSPS) is 13.3. The fourth-order valence-corrected chi connectivity index (χ4v) is 3.52. The number of halogens is 4. The third-order valence-corrected chi connectivity index (χ3v) is 4.99. The van der Waals surface area contributed by atoms with Crippen molar-refractivity contribution in [3.63, 3.8) is 0 Å². The lowest BCUT2D eigenvalue weighted by molar-refractivity contribution is -0.139. The number of aromatic carboxylic acids is 1. The van der Waals surface area contributed by atoms with Gasteiger partial charge in [0.25, 0.3) is 0 Å². The van der Waals surface area contributed by atoms with Crippen LogP contribution in [0.15, 0.2) is 60.7 Å². The summed E-state index contributed by atoms with van der Waals surface area (Å²) < 4.78 is 52.6. The largest absolute Gasteiger partial charge is 0.478 e. The molecule has 8 heteroatoms. The average Bonchev–Trinajstić information content (AvgIpc) is 3.11. The lowest BCUT2D eigenvalue weighted by Crippen LogP contribution is -2.16. The summed E-state index contributed by atoms with van der Waals surface area (Å²) in [4.78, 5) is 13.1. The number of benzene rings is 3. The minimum absolute atomic E-state index is 0.130. The second kappa shape index (κ2) is 7.37. The average molecular weight is 416 g/mol. The van der Waals surface area contributed by atoms with Crippen molar-refractivity contribution in [2.75, 3.05) is 10.2 Å². The maximum absolute atomic E-state index is 13.6. The first-order valence-electron chi connectivity index (χ1n) is 9.05. The molecule has 0 atom stereocenters. The van der Waals surface area contributed by atoms with Gasteiger partial charge in [-0.25, -0.2) is 9.18 Å². The summed E-state index contributed by atoms with van der Waals surface area (Å²) in [6.07, 6.45) is -4.76. The Bertz CT molecular complexity index is 1130. The Morgan fingerprint density at radius 2 is 1.70 bits per heavy atom. The van der Waals surface area contributed by atoms with E-state index in [9.17, 15) is 27.5 Å². The Kier molecular flexibility index (Phi) is 4.85. The Morgan fingerprint density at radius 1 is 0.967 bits per heavy atom. The van der Waals surface area contributed by atoms with Crippen LogP contribution in [0.5, 0.6) is 0 Å². The van der Waals surface area contributed by atoms with Crippen LogP contribution >= 0.6 is 0 Å². The number of anilines is 3. The standard InChI is InChI=1S/C22H16F4N2O2/c23-19-8-7-16(10-18(19)22(24,25)26)28-11-13-5-6-15(9-14(13)12-28)27-20-4-2-1-3-17(20)21(29)30/h1-10,27H,11-12H2,(H,29,30). The van der Waals surface area contributed by atoms with Crippen LogP contribution in [-0.2, 0) is 19.3 Å². The molecule has 0 amide bonds. The predicted molar refractivity (Wildman–Crippen MR) is 104 cm³/mol. The number of carboxylic acid groups (broad SMARTS) is 1. The zero-order valence-electron chi connectivity index (χ0n) is 15.5. The minimum atomic E-state index is -4.76. The van der Waals surface area contributed by atoms with Crippen molar-refractivity contribution in [1.82, 2.24) is 0 Å². The van der Waals surface area contributed by atoms with Crippen molar-refractivity contribution in [1.29, 1.82) is 0 Å². The molecule has 0 unspecified atom stereocenters. The maximum Gasteiger partial charge on any atom is 0.419 e. The van der Waals surface area contributed by atoms with Gasteiger partial charge in [0.15, 0.2) is 0 Å². The van der Waals surface area contributed by atoms with Gasteiger partial charge in [0.2, 0.25) is 0 Å². The molecule has 0 radical (unpaired) electrons. The van der Waals surface area contributed by atoms with E-state index in [4.69, 9.17) is 0 Å². The molecule has 0 fully saturated rings. The monoisotopic (exact) mass is 416 g/mol. The first kappa shape index (κ1) is 19.8. The van der Waals surface area contributed by atoms with E-state index in [0.29, 0.717) is 24.5 Å². The number of hydrogen-bond acceptors (Lipinski definition) is 3. The van der Waals surface area contributed by atoms with Crippen LogP contribution in [0.25, 0.3) is 0 Å². The van der Waals surface area contributed by atoms with E-state index in [2.05, 4.69) is 5.32 Å². The molecule has 4 rings (SSSR count). The first-order valence-corrected chi connectivity index (χ1v) is 9.05. The zero-order valence-corrected chi connectivity index (χ0v) is 15.5. The zero-order chi connectivity index (χ0) is 21.5. The van der Waals surface area contributed by atoms with Crippen molar-refractivity contribution < 1.29 is 27.5 Å². The van der Waals surface area contributed by atoms with Crippen LogP contribution in [0.3, 0.4) is 0 Å². The number of rotatable bonds is 4. The van der Waals surface area contributed by atoms with Gasteiger partial charge in [0.1, 0.15) is 5.82 Å². The van der Waals surface area contributed by atoms with Crippen molar-refractivity contribution in [2.24, 2.45) is 0 Å². The van der Waals surface area contributed by atoms with E-state index >= 15 is 0 Å². The molecule has 154 valence electrons. The van der Waals surface area contributed by atoms with Crippen LogP contribution in [0.1, 0.15) is 27.0 Å². The molecule has 0 aromatic heterocycles. The molecule has 3 aromatic carbocycles. The molecule has 2 N–H and O–H groups in total. The van der Waals surface area contributed by atoms with Crippen LogP contribution in [0, 0.1) is 5.82 Å². The lowest BCUT2D eigenvalue weighted by Gasteiger charge is -2.19. The lowest BCUT2D eigenvalue weighted by atomic mass is 10.1. The summed E-state index contributed by atoms with van der Waals surface area (Å²) in [5.41, 5.74) is 2.06. The van der Waals surface area contributed by atoms with Gasteiger partial charge in [-0.15, -0.1) is 0 Å². The molecule has 0 spiro atoms. The molecule has 1 aliphatic heterocycles. The van der Waals surface area contributed by atoms with Crippen LogP contribution in [0.2, 0.25) is 0 Å². The van der Waals surface area contributed by atoms with Gasteiger partial charge in [0, 0.05) is 24.5 Å². The van der Waals surface area contributed by atoms with Gasteiger partial charge < -0.3 is 15.3 Å². The molecule has 3 aromatic rings. The van der Waals surface area contributed by atoms with Crippen LogP contribution in [0.4, 0.5) is 34.6 Å². The second-order valence-electron chi connectivity index (χ2n) is 6.98. The van der Waals surface area contributed by atoms with Gasteiger partial charge in [-0.05, 0) is 53.6 Å². The number of carboxylic acids is 1. The van der Waals surface area contributed by atoms with E-state index < -0.39 is 23.5 Å². The smallest absolute Gasteiger partial charge is 0.419 e. The molecule has 1 heterocycles. The van der Waals surface area contributed by atoms with E-state index in [0.717, 1.165) is 23.3 Å². The second-order valence-corrected chi connectivity index (χ2v) is 6.98. The summed E-state index contributed by atoms with van der Waals surface area (Å²) in [5.74, 6) is -2.35. The minimum Gasteiger partial charge on any atom is -0.478 e. The summed E-state index contributed by atoms with van der Waals surface area (Å²) >= 11 is 0. The highest BCUT2D eigenvalue weighted by Crippen LogP contribution is 2.36. The Hall–Kier alpha value is -3.55. The number of fused-ring (bicyclic) bond motifs is 1. The summed E-state index contributed by atoms with van der Waals surface area (Å²) in [5, 5.41) is 12.4. The van der Waals surface area contributed by atoms with Gasteiger partial charge in [-0.2, -0.15) is 13.2 Å². The fourth-order valence-electron chi connectivity index (χ4n) is 3.52. The third-order valence-electron chi connectivity index (χ3n) is 4.99. The van der Waals surface area contributed by atoms with E-state index in [1.807, 2.05) is 12.1 Å². The number of alkyl halides is 3. The van der Waals surface area contributed by atoms with Crippen molar-refractivity contribution in [3.05, 3.63) is 88.7 Å². The van der Waals surface area contributed by atoms with Crippen LogP contribution < -0.4 is 10.2 Å². The molecule has 0 aliphatic carbocycles. The van der Waals surface area contributed by atoms with Crippen molar-refractivity contribution in [3.8, 4) is 0 Å². The quantitative estimate of drug-likeness (QED) is 0.528. The van der Waals surface area contributed by atoms with Gasteiger partial charge in [-0.1, -0.05) is 18.2 Å². The molecule has 0 saturated carbocycles. The van der Waals surface area contributed by atoms with Gasteiger partial charge in [-0.3, -0.25) is 0 Å². The van der Waals surface area contributed by atoms with Gasteiger partial charge >= 0.3 is 12.1 Å². The van der Waals surface area contributed by atoms with Gasteiger partial charge in [0.05, 0.1) is 16.8 Å². The summed E-state index contributed by atoms with van der Waals surface area (Å²) in [6.45, 7) is 0.749. The molecule has 1 aliphatic rings. The highest BCUT2D eigenvalue weighted by Gasteiger charge is 2.35. The SMILES string of the molecule is O=C(O)c1ccccc1Nc1ccc2c(c1)CN(c1ccc(F)c(C(F)(F)F)c1)C2. The predicted octanol–water partition coefficient (Wildman–Crippen LogP) is 5.81. The van der Waals surface area contributed by atoms with Crippen LogP contribution in [-0.4, -0.2) is 11.1 Å². The van der Waals surface area contributed by atoms with Crippen molar-refractivity contribution in [2.45, 2.75) is 19.3 Å². The van der Waals surface area contributed by atoms with E-state index in [1.165, 1.54) is 12.1 Å². The number of hydrogen-bond donors (Lipinski definition) is 2.